The van der Waals surface area contributed by atoms with E-state index in [4.69, 9.17) is 5.73 Å². The molecule has 3 N–H and O–H groups in total. The van der Waals surface area contributed by atoms with Crippen molar-refractivity contribution in [2.45, 2.75) is 17.3 Å². The Hall–Kier alpha value is -0.730. The van der Waals surface area contributed by atoms with Crippen LogP contribution in [0.4, 0.5) is 0 Å². The van der Waals surface area contributed by atoms with Gasteiger partial charge in [0, 0.05) is 18.0 Å². The Morgan fingerprint density at radius 2 is 2.12 bits per heavy atom. The van der Waals surface area contributed by atoms with Gasteiger partial charge in [-0.2, -0.15) is 11.3 Å². The van der Waals surface area contributed by atoms with Gasteiger partial charge in [0.1, 0.15) is 4.21 Å². The quantitative estimate of drug-likeness (QED) is 0.880. The highest BCUT2D eigenvalue weighted by Gasteiger charge is 2.16. The largest absolute Gasteiger partial charge is 0.326 e. The van der Waals surface area contributed by atoms with Gasteiger partial charge in [0.15, 0.2) is 0 Å². The molecule has 0 radical (unpaired) electrons. The van der Waals surface area contributed by atoms with Crippen molar-refractivity contribution in [1.82, 2.24) is 4.72 Å². The molecule has 0 saturated carbocycles. The van der Waals surface area contributed by atoms with E-state index in [1.807, 2.05) is 16.8 Å². The van der Waals surface area contributed by atoms with Gasteiger partial charge in [0.05, 0.1) is 0 Å². The van der Waals surface area contributed by atoms with Crippen LogP contribution in [0.1, 0.15) is 10.4 Å². The lowest BCUT2D eigenvalue weighted by Crippen LogP contribution is -2.22. The number of rotatable bonds is 5. The highest BCUT2D eigenvalue weighted by molar-refractivity contribution is 7.91. The van der Waals surface area contributed by atoms with E-state index < -0.39 is 10.0 Å². The standard InChI is InChI=1S/C10H12N2O2S3/c11-5-9-1-2-10(16-9)17(13,14)12-6-8-3-4-15-7-8/h1-4,7,12H,5-6,11H2. The fourth-order valence-corrected chi connectivity index (χ4v) is 4.22. The topological polar surface area (TPSA) is 72.2 Å². The maximum Gasteiger partial charge on any atom is 0.250 e. The monoisotopic (exact) mass is 288 g/mol. The molecule has 0 aromatic carbocycles. The van der Waals surface area contributed by atoms with Crippen LogP contribution in [0.2, 0.25) is 0 Å². The maximum absolute atomic E-state index is 11.9. The zero-order chi connectivity index (χ0) is 12.3. The molecule has 0 amide bonds. The first-order valence-electron chi connectivity index (χ1n) is 4.91. The second-order valence-electron chi connectivity index (χ2n) is 3.38. The van der Waals surface area contributed by atoms with Gasteiger partial charge < -0.3 is 5.73 Å². The minimum absolute atomic E-state index is 0.313. The molecule has 17 heavy (non-hydrogen) atoms. The first-order valence-corrected chi connectivity index (χ1v) is 8.15. The Morgan fingerprint density at radius 3 is 2.71 bits per heavy atom. The van der Waals surface area contributed by atoms with Crippen LogP contribution in [0.5, 0.6) is 0 Å². The molecule has 92 valence electrons. The lowest BCUT2D eigenvalue weighted by molar-refractivity contribution is 0.583. The van der Waals surface area contributed by atoms with Gasteiger partial charge in [-0.25, -0.2) is 13.1 Å². The summed E-state index contributed by atoms with van der Waals surface area (Å²) >= 11 is 2.75. The fraction of sp³-hybridized carbons (Fsp3) is 0.200. The summed E-state index contributed by atoms with van der Waals surface area (Å²) in [5.74, 6) is 0. The van der Waals surface area contributed by atoms with Crippen molar-refractivity contribution in [3.8, 4) is 0 Å². The summed E-state index contributed by atoms with van der Waals surface area (Å²) in [5, 5.41) is 3.84. The first kappa shape index (κ1) is 12.7. The Labute approximate surface area is 108 Å². The van der Waals surface area contributed by atoms with Crippen LogP contribution in [-0.2, 0) is 23.1 Å². The molecule has 0 aliphatic rings. The lowest BCUT2D eigenvalue weighted by atomic mass is 10.4. The maximum atomic E-state index is 11.9. The van der Waals surface area contributed by atoms with Crippen LogP contribution in [-0.4, -0.2) is 8.42 Å². The van der Waals surface area contributed by atoms with Gasteiger partial charge in [0.2, 0.25) is 10.0 Å². The average Bonchev–Trinajstić information content (AvgIpc) is 2.98. The van der Waals surface area contributed by atoms with Crippen molar-refractivity contribution < 1.29 is 8.42 Å². The molecule has 0 saturated heterocycles. The van der Waals surface area contributed by atoms with Crippen molar-refractivity contribution in [3.05, 3.63) is 39.4 Å². The Kier molecular flexibility index (Phi) is 3.95. The van der Waals surface area contributed by atoms with Crippen LogP contribution in [0, 0.1) is 0 Å². The van der Waals surface area contributed by atoms with Crippen LogP contribution in [0.3, 0.4) is 0 Å². The highest BCUT2D eigenvalue weighted by atomic mass is 32.2. The van der Waals surface area contributed by atoms with Crippen molar-refractivity contribution in [2.24, 2.45) is 5.73 Å². The molecular weight excluding hydrogens is 276 g/mol. The molecule has 0 unspecified atom stereocenters. The summed E-state index contributed by atoms with van der Waals surface area (Å²) in [6.07, 6.45) is 0. The Bertz CT molecular complexity index is 572. The molecule has 2 rings (SSSR count). The summed E-state index contributed by atoms with van der Waals surface area (Å²) in [4.78, 5) is 0.862. The van der Waals surface area contributed by atoms with Crippen LogP contribution >= 0.6 is 22.7 Å². The normalized spacial score (nSPS) is 11.8. The highest BCUT2D eigenvalue weighted by Crippen LogP contribution is 2.21. The van der Waals surface area contributed by atoms with Crippen molar-refractivity contribution in [3.63, 3.8) is 0 Å². The molecule has 2 aromatic rings. The van der Waals surface area contributed by atoms with Gasteiger partial charge in [-0.05, 0) is 34.5 Å². The van der Waals surface area contributed by atoms with Crippen LogP contribution in [0.25, 0.3) is 0 Å². The molecule has 2 heterocycles. The third-order valence-corrected chi connectivity index (χ3v) is 5.88. The molecule has 0 aliphatic heterocycles. The van der Waals surface area contributed by atoms with Gasteiger partial charge >= 0.3 is 0 Å². The van der Waals surface area contributed by atoms with E-state index in [0.717, 1.165) is 10.4 Å². The van der Waals surface area contributed by atoms with Crippen molar-refractivity contribution in [2.75, 3.05) is 0 Å². The second-order valence-corrected chi connectivity index (χ2v) is 7.32. The predicted molar refractivity (Wildman–Crippen MR) is 70.6 cm³/mol. The van der Waals surface area contributed by atoms with E-state index in [9.17, 15) is 8.42 Å². The van der Waals surface area contributed by atoms with E-state index in [-0.39, 0.29) is 0 Å². The van der Waals surface area contributed by atoms with Crippen molar-refractivity contribution in [1.29, 1.82) is 0 Å². The summed E-state index contributed by atoms with van der Waals surface area (Å²) in [6.45, 7) is 0.687. The number of hydrogen-bond acceptors (Lipinski definition) is 5. The van der Waals surface area contributed by atoms with Crippen molar-refractivity contribution >= 4 is 32.7 Å². The third kappa shape index (κ3) is 3.14. The minimum Gasteiger partial charge on any atom is -0.326 e. The minimum atomic E-state index is -3.41. The summed E-state index contributed by atoms with van der Waals surface area (Å²) in [6, 6.07) is 5.22. The molecule has 7 heteroatoms. The van der Waals surface area contributed by atoms with Gasteiger partial charge in [-0.3, -0.25) is 0 Å². The van der Waals surface area contributed by atoms with E-state index in [2.05, 4.69) is 4.72 Å². The number of nitrogens with one attached hydrogen (secondary N) is 1. The number of thiophene rings is 2. The molecule has 0 atom stereocenters. The van der Waals surface area contributed by atoms with Gasteiger partial charge in [-0.15, -0.1) is 11.3 Å². The number of nitrogens with two attached hydrogens (primary N) is 1. The van der Waals surface area contributed by atoms with E-state index in [1.165, 1.54) is 11.3 Å². The predicted octanol–water partition coefficient (Wildman–Crippen LogP) is 1.75. The smallest absolute Gasteiger partial charge is 0.250 e. The molecule has 0 spiro atoms. The summed E-state index contributed by atoms with van der Waals surface area (Å²) in [5.41, 5.74) is 6.42. The fourth-order valence-electron chi connectivity index (χ4n) is 1.26. The molecule has 0 bridgehead atoms. The zero-order valence-electron chi connectivity index (χ0n) is 8.92. The first-order chi connectivity index (χ1) is 8.12. The van der Waals surface area contributed by atoms with E-state index >= 15 is 0 Å². The second kappa shape index (κ2) is 5.28. The van der Waals surface area contributed by atoms with Crippen LogP contribution in [0.15, 0.2) is 33.2 Å². The molecular formula is C10H12N2O2S3. The molecule has 4 nitrogen and oxygen atoms in total. The zero-order valence-corrected chi connectivity index (χ0v) is 11.4. The average molecular weight is 288 g/mol. The van der Waals surface area contributed by atoms with Crippen LogP contribution < -0.4 is 10.5 Å². The molecule has 2 aromatic heterocycles. The third-order valence-electron chi connectivity index (χ3n) is 2.15. The number of hydrogen-bond donors (Lipinski definition) is 2. The molecule has 0 fully saturated rings. The van der Waals surface area contributed by atoms with E-state index in [0.29, 0.717) is 17.3 Å². The number of sulfonamides is 1. The Balaban J connectivity index is 2.08. The van der Waals surface area contributed by atoms with Gasteiger partial charge in [0.25, 0.3) is 0 Å². The van der Waals surface area contributed by atoms with Gasteiger partial charge in [-0.1, -0.05) is 0 Å². The summed E-state index contributed by atoms with van der Waals surface area (Å²) in [7, 11) is -3.41. The SMILES string of the molecule is NCc1ccc(S(=O)(=O)NCc2ccsc2)s1. The lowest BCUT2D eigenvalue weighted by Gasteiger charge is -2.02. The Morgan fingerprint density at radius 1 is 1.29 bits per heavy atom. The molecule has 0 aliphatic carbocycles. The van der Waals surface area contributed by atoms with E-state index in [1.54, 1.807) is 23.5 Å². The summed E-state index contributed by atoms with van der Waals surface area (Å²) < 4.78 is 26.7.